The number of halogens is 1. The number of ketones is 1. The molecular formula is C13H17ClN2O2. The highest BCUT2D eigenvalue weighted by atomic mass is 35.5. The van der Waals surface area contributed by atoms with Gasteiger partial charge in [0.05, 0.1) is 17.3 Å². The summed E-state index contributed by atoms with van der Waals surface area (Å²) in [5, 5.41) is 5.54. The van der Waals surface area contributed by atoms with E-state index in [-0.39, 0.29) is 12.3 Å². The van der Waals surface area contributed by atoms with Crippen LogP contribution in [0.5, 0.6) is 0 Å². The maximum absolute atomic E-state index is 11.6. The number of para-hydroxylation sites is 1. The highest BCUT2D eigenvalue weighted by Crippen LogP contribution is 2.20. The van der Waals surface area contributed by atoms with Crippen molar-refractivity contribution in [3.05, 3.63) is 29.3 Å². The quantitative estimate of drug-likeness (QED) is 0.885. The molecule has 0 radical (unpaired) electrons. The Kier molecular flexibility index (Phi) is 4.73. The first-order valence-electron chi connectivity index (χ1n) is 5.63. The minimum Gasteiger partial charge on any atom is -0.331 e. The molecule has 0 aromatic heterocycles. The van der Waals surface area contributed by atoms with E-state index in [9.17, 15) is 9.59 Å². The number of benzene rings is 1. The van der Waals surface area contributed by atoms with E-state index in [1.54, 1.807) is 24.3 Å². The Morgan fingerprint density at radius 2 is 1.83 bits per heavy atom. The van der Waals surface area contributed by atoms with Crippen molar-refractivity contribution in [2.75, 3.05) is 11.9 Å². The van der Waals surface area contributed by atoms with Crippen LogP contribution in [0.2, 0.25) is 5.02 Å². The summed E-state index contributed by atoms with van der Waals surface area (Å²) in [7, 11) is 0. The third-order valence-corrected chi connectivity index (χ3v) is 2.70. The van der Waals surface area contributed by atoms with E-state index in [0.29, 0.717) is 10.7 Å². The van der Waals surface area contributed by atoms with Crippen molar-refractivity contribution < 1.29 is 9.59 Å². The maximum Gasteiger partial charge on any atom is 0.319 e. The van der Waals surface area contributed by atoms with Gasteiger partial charge in [-0.2, -0.15) is 0 Å². The van der Waals surface area contributed by atoms with Crippen molar-refractivity contribution in [3.63, 3.8) is 0 Å². The van der Waals surface area contributed by atoms with Gasteiger partial charge in [0, 0.05) is 5.41 Å². The number of amides is 2. The molecule has 1 aromatic carbocycles. The number of carbonyl (C=O) groups excluding carboxylic acids is 2. The largest absolute Gasteiger partial charge is 0.331 e. The summed E-state index contributed by atoms with van der Waals surface area (Å²) in [5.74, 6) is -0.0307. The molecule has 5 heteroatoms. The highest BCUT2D eigenvalue weighted by Gasteiger charge is 2.21. The Labute approximate surface area is 112 Å². The van der Waals surface area contributed by atoms with E-state index in [0.717, 1.165) is 0 Å². The molecule has 0 spiro atoms. The van der Waals surface area contributed by atoms with Crippen LogP contribution in [0, 0.1) is 5.41 Å². The molecule has 4 nitrogen and oxygen atoms in total. The lowest BCUT2D eigenvalue weighted by molar-refractivity contribution is -0.125. The smallest absolute Gasteiger partial charge is 0.319 e. The molecule has 1 rings (SSSR count). The molecule has 0 heterocycles. The van der Waals surface area contributed by atoms with Crippen molar-refractivity contribution in [2.24, 2.45) is 5.41 Å². The number of rotatable bonds is 3. The molecule has 0 aliphatic rings. The molecule has 1 aromatic rings. The molecule has 18 heavy (non-hydrogen) atoms. The lowest BCUT2D eigenvalue weighted by Gasteiger charge is -2.17. The summed E-state index contributed by atoms with van der Waals surface area (Å²) in [6, 6.07) is 6.46. The topological polar surface area (TPSA) is 58.2 Å². The summed E-state index contributed by atoms with van der Waals surface area (Å²) in [6.45, 7) is 5.43. The van der Waals surface area contributed by atoms with Crippen LogP contribution in [0.3, 0.4) is 0 Å². The van der Waals surface area contributed by atoms with Crippen LogP contribution in [-0.2, 0) is 4.79 Å². The second-order valence-electron chi connectivity index (χ2n) is 4.96. The fraction of sp³-hybridized carbons (Fsp3) is 0.385. The van der Waals surface area contributed by atoms with Gasteiger partial charge < -0.3 is 10.6 Å². The van der Waals surface area contributed by atoms with Crippen LogP contribution in [0.1, 0.15) is 20.8 Å². The van der Waals surface area contributed by atoms with Gasteiger partial charge in [0.25, 0.3) is 0 Å². The van der Waals surface area contributed by atoms with Gasteiger partial charge in [0.1, 0.15) is 0 Å². The second kappa shape index (κ2) is 5.87. The minimum absolute atomic E-state index is 0.000212. The van der Waals surface area contributed by atoms with Crippen molar-refractivity contribution in [3.8, 4) is 0 Å². The molecule has 2 N–H and O–H groups in total. The van der Waals surface area contributed by atoms with Gasteiger partial charge in [0.2, 0.25) is 0 Å². The van der Waals surface area contributed by atoms with Gasteiger partial charge in [-0.25, -0.2) is 4.79 Å². The number of hydrogen-bond donors (Lipinski definition) is 2. The zero-order valence-electron chi connectivity index (χ0n) is 10.7. The monoisotopic (exact) mass is 268 g/mol. The number of Topliss-reactive ketones (excluding diaryl/α,β-unsaturated/α-hetero) is 1. The Morgan fingerprint density at radius 3 is 2.39 bits per heavy atom. The number of anilines is 1. The van der Waals surface area contributed by atoms with E-state index < -0.39 is 11.4 Å². The summed E-state index contributed by atoms with van der Waals surface area (Å²) in [5.41, 5.74) is 0.0531. The van der Waals surface area contributed by atoms with Gasteiger partial charge in [-0.1, -0.05) is 44.5 Å². The number of hydrogen-bond acceptors (Lipinski definition) is 2. The van der Waals surface area contributed by atoms with Crippen molar-refractivity contribution >= 4 is 29.1 Å². The molecular weight excluding hydrogens is 252 g/mol. The molecule has 98 valence electrons. The molecule has 0 aliphatic heterocycles. The van der Waals surface area contributed by atoms with E-state index >= 15 is 0 Å². The average molecular weight is 269 g/mol. The van der Waals surface area contributed by atoms with Crippen LogP contribution in [0.15, 0.2) is 24.3 Å². The average Bonchev–Trinajstić information content (AvgIpc) is 2.27. The van der Waals surface area contributed by atoms with E-state index in [1.165, 1.54) is 0 Å². The lowest BCUT2D eigenvalue weighted by Crippen LogP contribution is -2.37. The van der Waals surface area contributed by atoms with Gasteiger partial charge >= 0.3 is 6.03 Å². The van der Waals surface area contributed by atoms with Crippen molar-refractivity contribution in [1.82, 2.24) is 5.32 Å². The molecule has 0 unspecified atom stereocenters. The summed E-state index contributed by atoms with van der Waals surface area (Å²) in [4.78, 5) is 23.2. The fourth-order valence-electron chi connectivity index (χ4n) is 1.15. The Balaban J connectivity index is 2.49. The van der Waals surface area contributed by atoms with Gasteiger partial charge in [-0.3, -0.25) is 4.79 Å². The second-order valence-corrected chi connectivity index (χ2v) is 5.37. The Bertz CT molecular complexity index is 453. The molecule has 0 saturated heterocycles. The standard InChI is InChI=1S/C13H17ClN2O2/c1-13(2,3)11(17)8-15-12(18)16-10-7-5-4-6-9(10)14/h4-7H,8H2,1-3H3,(H2,15,16,18). The summed E-state index contributed by atoms with van der Waals surface area (Å²) < 4.78 is 0. The van der Waals surface area contributed by atoms with E-state index in [4.69, 9.17) is 11.6 Å². The number of nitrogens with one attached hydrogen (secondary N) is 2. The third kappa shape index (κ3) is 4.37. The third-order valence-electron chi connectivity index (χ3n) is 2.37. The van der Waals surface area contributed by atoms with Gasteiger partial charge in [0.15, 0.2) is 5.78 Å². The molecule has 0 fully saturated rings. The van der Waals surface area contributed by atoms with Crippen LogP contribution in [0.4, 0.5) is 10.5 Å². The first kappa shape index (κ1) is 14.5. The van der Waals surface area contributed by atoms with Crippen LogP contribution >= 0.6 is 11.6 Å². The highest BCUT2D eigenvalue weighted by molar-refractivity contribution is 6.33. The molecule has 0 aliphatic carbocycles. The molecule has 0 bridgehead atoms. The first-order valence-corrected chi connectivity index (χ1v) is 6.01. The normalized spacial score (nSPS) is 10.9. The van der Waals surface area contributed by atoms with Gasteiger partial charge in [-0.15, -0.1) is 0 Å². The Hall–Kier alpha value is -1.55. The maximum atomic E-state index is 11.6. The summed E-state index contributed by atoms with van der Waals surface area (Å²) >= 11 is 5.89. The predicted octanol–water partition coefficient (Wildman–Crippen LogP) is 3.08. The Morgan fingerprint density at radius 1 is 1.22 bits per heavy atom. The van der Waals surface area contributed by atoms with Crippen molar-refractivity contribution in [2.45, 2.75) is 20.8 Å². The zero-order chi connectivity index (χ0) is 13.8. The first-order chi connectivity index (χ1) is 8.30. The van der Waals surface area contributed by atoms with E-state index in [1.807, 2.05) is 20.8 Å². The fourth-order valence-corrected chi connectivity index (χ4v) is 1.34. The van der Waals surface area contributed by atoms with Crippen LogP contribution in [0.25, 0.3) is 0 Å². The van der Waals surface area contributed by atoms with Crippen LogP contribution < -0.4 is 10.6 Å². The lowest BCUT2D eigenvalue weighted by atomic mass is 9.91. The summed E-state index contributed by atoms with van der Waals surface area (Å²) in [6.07, 6.45) is 0. The number of carbonyl (C=O) groups is 2. The molecule has 2 amide bonds. The number of urea groups is 1. The van der Waals surface area contributed by atoms with Crippen LogP contribution in [-0.4, -0.2) is 18.4 Å². The molecule has 0 saturated carbocycles. The zero-order valence-corrected chi connectivity index (χ0v) is 11.5. The van der Waals surface area contributed by atoms with E-state index in [2.05, 4.69) is 10.6 Å². The predicted molar refractivity (Wildman–Crippen MR) is 72.9 cm³/mol. The van der Waals surface area contributed by atoms with Crippen molar-refractivity contribution in [1.29, 1.82) is 0 Å². The minimum atomic E-state index is -0.461. The van der Waals surface area contributed by atoms with Gasteiger partial charge in [-0.05, 0) is 12.1 Å². The SMILES string of the molecule is CC(C)(C)C(=O)CNC(=O)Nc1ccccc1Cl. The molecule has 0 atom stereocenters.